The summed E-state index contributed by atoms with van der Waals surface area (Å²) in [7, 11) is 0. The van der Waals surface area contributed by atoms with Gasteiger partial charge in [-0.05, 0) is 60.8 Å². The van der Waals surface area contributed by atoms with Crippen LogP contribution in [-0.4, -0.2) is 16.8 Å². The molecular weight excluding hydrogens is 452 g/mol. The topological polar surface area (TPSA) is 37.3 Å². The fourth-order valence-electron chi connectivity index (χ4n) is 4.95. The van der Waals surface area contributed by atoms with Crippen LogP contribution in [-0.2, 0) is 0 Å². The van der Waals surface area contributed by atoms with Gasteiger partial charge in [0.1, 0.15) is 0 Å². The van der Waals surface area contributed by atoms with Crippen molar-refractivity contribution in [3.05, 3.63) is 53.1 Å². The molecule has 180 valence electrons. The van der Waals surface area contributed by atoms with Gasteiger partial charge in [-0.15, -0.1) is 0 Å². The van der Waals surface area contributed by atoms with Gasteiger partial charge in [-0.1, -0.05) is 69.0 Å². The molecule has 0 atom stereocenters. The Morgan fingerprint density at radius 2 is 1.73 bits per heavy atom. The number of thioether (sulfide) groups is 1. The smallest absolute Gasteiger partial charge is 0.335 e. The van der Waals surface area contributed by atoms with E-state index in [4.69, 9.17) is 0 Å². The zero-order chi connectivity index (χ0) is 24.0. The molecule has 2 aromatic carbocycles. The SMILES string of the molecule is CCCCCCC1CCC(c2c(C(=O)O)cccc2-c2ccc(SC(F)F)c(F)c2F)CC1. The largest absolute Gasteiger partial charge is 0.478 e. The fraction of sp³-hybridized carbons (Fsp3) is 0.500. The number of hydrogen-bond donors (Lipinski definition) is 1. The van der Waals surface area contributed by atoms with E-state index in [-0.39, 0.29) is 28.8 Å². The Morgan fingerprint density at radius 3 is 2.36 bits per heavy atom. The molecule has 1 aliphatic rings. The summed E-state index contributed by atoms with van der Waals surface area (Å²) >= 11 is -0.0495. The second kappa shape index (κ2) is 11.9. The lowest BCUT2D eigenvalue weighted by Gasteiger charge is -2.31. The first-order chi connectivity index (χ1) is 15.8. The molecule has 0 saturated heterocycles. The van der Waals surface area contributed by atoms with Gasteiger partial charge in [-0.25, -0.2) is 13.6 Å². The molecule has 1 fully saturated rings. The maximum absolute atomic E-state index is 15.0. The predicted octanol–water partition coefficient (Wildman–Crippen LogP) is 8.89. The lowest BCUT2D eigenvalue weighted by molar-refractivity contribution is 0.0694. The van der Waals surface area contributed by atoms with Crippen LogP contribution in [0, 0.1) is 17.6 Å². The van der Waals surface area contributed by atoms with Gasteiger partial charge in [0, 0.05) is 5.56 Å². The second-order valence-electron chi connectivity index (χ2n) is 8.76. The molecule has 2 aromatic rings. The molecule has 3 rings (SSSR count). The number of benzene rings is 2. The van der Waals surface area contributed by atoms with Crippen LogP contribution in [0.2, 0.25) is 0 Å². The summed E-state index contributed by atoms with van der Waals surface area (Å²) in [5, 5.41) is 9.80. The van der Waals surface area contributed by atoms with Crippen molar-refractivity contribution in [1.82, 2.24) is 0 Å². The highest BCUT2D eigenvalue weighted by atomic mass is 32.2. The molecule has 7 heteroatoms. The molecule has 0 unspecified atom stereocenters. The summed E-state index contributed by atoms with van der Waals surface area (Å²) < 4.78 is 54.8. The van der Waals surface area contributed by atoms with E-state index in [9.17, 15) is 27.5 Å². The van der Waals surface area contributed by atoms with Crippen molar-refractivity contribution in [2.24, 2.45) is 5.92 Å². The van der Waals surface area contributed by atoms with Crippen molar-refractivity contribution < 1.29 is 27.5 Å². The van der Waals surface area contributed by atoms with E-state index in [0.29, 0.717) is 17.0 Å². The number of aromatic carboxylic acids is 1. The van der Waals surface area contributed by atoms with Crippen molar-refractivity contribution in [2.45, 2.75) is 81.3 Å². The number of rotatable bonds is 10. The van der Waals surface area contributed by atoms with Crippen molar-refractivity contribution in [1.29, 1.82) is 0 Å². The zero-order valence-electron chi connectivity index (χ0n) is 18.8. The van der Waals surface area contributed by atoms with Crippen LogP contribution in [0.15, 0.2) is 35.2 Å². The van der Waals surface area contributed by atoms with Crippen LogP contribution in [0.3, 0.4) is 0 Å². The molecule has 2 nitrogen and oxygen atoms in total. The first-order valence-corrected chi connectivity index (χ1v) is 12.5. The van der Waals surface area contributed by atoms with Crippen molar-refractivity contribution in [2.75, 3.05) is 0 Å². The van der Waals surface area contributed by atoms with E-state index in [2.05, 4.69) is 6.92 Å². The minimum absolute atomic E-state index is 0.0495. The molecule has 0 aromatic heterocycles. The summed E-state index contributed by atoms with van der Waals surface area (Å²) in [5.41, 5.74) is 0.837. The highest BCUT2D eigenvalue weighted by Gasteiger charge is 2.29. The Morgan fingerprint density at radius 1 is 1.00 bits per heavy atom. The Balaban J connectivity index is 1.90. The maximum atomic E-state index is 15.0. The Hall–Kier alpha value is -2.02. The summed E-state index contributed by atoms with van der Waals surface area (Å²) in [5.74, 6) is -6.00. The number of alkyl halides is 2. The third kappa shape index (κ3) is 6.31. The highest BCUT2D eigenvalue weighted by molar-refractivity contribution is 7.99. The Bertz CT molecular complexity index is 956. The number of hydrogen-bond acceptors (Lipinski definition) is 2. The minimum atomic E-state index is -2.87. The van der Waals surface area contributed by atoms with E-state index in [1.807, 2.05) is 0 Å². The predicted molar refractivity (Wildman–Crippen MR) is 124 cm³/mol. The van der Waals surface area contributed by atoms with Crippen LogP contribution in [0.5, 0.6) is 0 Å². The standard InChI is InChI=1S/C26H30F4O2S/c1-2-3-4-5-7-16-10-12-17(13-11-16)22-18(8-6-9-20(22)25(31)32)19-14-15-21(33-26(29)30)24(28)23(19)27/h6,8-9,14-17,26H,2-5,7,10-13H2,1H3,(H,31,32). The first kappa shape index (κ1) is 25.6. The summed E-state index contributed by atoms with van der Waals surface area (Å²) in [6, 6.07) is 7.01. The van der Waals surface area contributed by atoms with Crippen molar-refractivity contribution in [3.8, 4) is 11.1 Å². The normalized spacial score (nSPS) is 18.6. The fourth-order valence-corrected chi connectivity index (χ4v) is 5.48. The van der Waals surface area contributed by atoms with Crippen LogP contribution < -0.4 is 0 Å². The van der Waals surface area contributed by atoms with Gasteiger partial charge in [-0.3, -0.25) is 0 Å². The van der Waals surface area contributed by atoms with Gasteiger partial charge >= 0.3 is 5.97 Å². The van der Waals surface area contributed by atoms with E-state index < -0.39 is 28.3 Å². The van der Waals surface area contributed by atoms with Crippen LogP contribution in [0.4, 0.5) is 17.6 Å². The molecule has 0 bridgehead atoms. The molecule has 1 aliphatic carbocycles. The number of carbonyl (C=O) groups is 1. The number of carboxylic acids is 1. The highest BCUT2D eigenvalue weighted by Crippen LogP contribution is 2.44. The van der Waals surface area contributed by atoms with E-state index >= 15 is 0 Å². The van der Waals surface area contributed by atoms with Gasteiger partial charge < -0.3 is 5.11 Å². The lowest BCUT2D eigenvalue weighted by Crippen LogP contribution is -2.17. The molecule has 0 heterocycles. The molecule has 0 aliphatic heterocycles. The molecule has 1 saturated carbocycles. The maximum Gasteiger partial charge on any atom is 0.335 e. The molecule has 0 radical (unpaired) electrons. The van der Waals surface area contributed by atoms with Crippen LogP contribution in [0.25, 0.3) is 11.1 Å². The number of carboxylic acid groups (broad SMARTS) is 1. The zero-order valence-corrected chi connectivity index (χ0v) is 19.6. The first-order valence-electron chi connectivity index (χ1n) is 11.6. The van der Waals surface area contributed by atoms with Gasteiger partial charge in [0.15, 0.2) is 11.6 Å². The van der Waals surface area contributed by atoms with Crippen molar-refractivity contribution >= 4 is 17.7 Å². The van der Waals surface area contributed by atoms with Gasteiger partial charge in [0.25, 0.3) is 5.76 Å². The van der Waals surface area contributed by atoms with Gasteiger partial charge in [0.05, 0.1) is 10.5 Å². The average molecular weight is 483 g/mol. The third-order valence-electron chi connectivity index (χ3n) is 6.61. The Kier molecular flexibility index (Phi) is 9.24. The quantitative estimate of drug-likeness (QED) is 0.209. The average Bonchev–Trinajstić information content (AvgIpc) is 2.80. The third-order valence-corrected chi connectivity index (χ3v) is 7.36. The molecular formula is C26H30F4O2S. The Labute approximate surface area is 196 Å². The van der Waals surface area contributed by atoms with Crippen LogP contribution >= 0.6 is 11.8 Å². The monoisotopic (exact) mass is 482 g/mol. The van der Waals surface area contributed by atoms with Crippen molar-refractivity contribution in [3.63, 3.8) is 0 Å². The number of halogens is 4. The minimum Gasteiger partial charge on any atom is -0.478 e. The summed E-state index contributed by atoms with van der Waals surface area (Å²) in [6.07, 6.45) is 9.57. The van der Waals surface area contributed by atoms with E-state index in [1.165, 1.54) is 50.3 Å². The summed E-state index contributed by atoms with van der Waals surface area (Å²) in [6.45, 7) is 2.18. The van der Waals surface area contributed by atoms with Gasteiger partial charge in [0.2, 0.25) is 0 Å². The van der Waals surface area contributed by atoms with E-state index in [0.717, 1.165) is 31.7 Å². The molecule has 0 amide bonds. The summed E-state index contributed by atoms with van der Waals surface area (Å²) in [4.78, 5) is 11.5. The second-order valence-corrected chi connectivity index (χ2v) is 9.79. The van der Waals surface area contributed by atoms with E-state index in [1.54, 1.807) is 6.07 Å². The van der Waals surface area contributed by atoms with Crippen LogP contribution in [0.1, 0.15) is 86.6 Å². The molecule has 33 heavy (non-hydrogen) atoms. The van der Waals surface area contributed by atoms with Gasteiger partial charge in [-0.2, -0.15) is 8.78 Å². The number of unbranched alkanes of at least 4 members (excludes halogenated alkanes) is 3. The molecule has 0 spiro atoms. The lowest BCUT2D eigenvalue weighted by atomic mass is 9.74. The molecule has 1 N–H and O–H groups in total.